The van der Waals surface area contributed by atoms with Crippen LogP contribution < -0.4 is 4.90 Å². The SMILES string of the molecule is O=Cc1cc(C(F)(F)F)cnc1N1CCCC1C1CCC(CCOCc2ccccc2)CC1. The monoisotopic (exact) mass is 460 g/mol. The first-order valence-electron chi connectivity index (χ1n) is 11.9. The van der Waals surface area contributed by atoms with Gasteiger partial charge in [0.2, 0.25) is 0 Å². The third-order valence-electron chi connectivity index (χ3n) is 7.14. The van der Waals surface area contributed by atoms with E-state index in [1.165, 1.54) is 5.56 Å². The molecular weight excluding hydrogens is 429 g/mol. The van der Waals surface area contributed by atoms with E-state index in [1.807, 2.05) is 18.2 Å². The molecule has 1 saturated heterocycles. The van der Waals surface area contributed by atoms with Crippen molar-refractivity contribution in [3.8, 4) is 0 Å². The maximum Gasteiger partial charge on any atom is 0.417 e. The van der Waals surface area contributed by atoms with Crippen LogP contribution in [0.4, 0.5) is 19.0 Å². The van der Waals surface area contributed by atoms with E-state index in [0.29, 0.717) is 30.5 Å². The Hall–Kier alpha value is -2.41. The average molecular weight is 461 g/mol. The molecule has 1 aromatic heterocycles. The van der Waals surface area contributed by atoms with Crippen molar-refractivity contribution in [1.82, 2.24) is 4.98 Å². The van der Waals surface area contributed by atoms with E-state index in [2.05, 4.69) is 22.0 Å². The summed E-state index contributed by atoms with van der Waals surface area (Å²) in [6.45, 7) is 2.14. The second-order valence-corrected chi connectivity index (χ2v) is 9.26. The molecule has 7 heteroatoms. The fraction of sp³-hybridized carbons (Fsp3) is 0.538. The summed E-state index contributed by atoms with van der Waals surface area (Å²) in [5.41, 5.74) is 0.342. The van der Waals surface area contributed by atoms with Gasteiger partial charge in [0.25, 0.3) is 0 Å². The molecule has 4 rings (SSSR count). The zero-order chi connectivity index (χ0) is 23.3. The van der Waals surface area contributed by atoms with Crippen molar-refractivity contribution < 1.29 is 22.7 Å². The predicted molar refractivity (Wildman–Crippen MR) is 121 cm³/mol. The summed E-state index contributed by atoms with van der Waals surface area (Å²) in [6, 6.07) is 11.3. The molecule has 0 spiro atoms. The Kier molecular flexibility index (Phi) is 7.68. The molecule has 1 aromatic carbocycles. The molecule has 0 radical (unpaired) electrons. The molecule has 33 heavy (non-hydrogen) atoms. The number of aldehydes is 1. The summed E-state index contributed by atoms with van der Waals surface area (Å²) in [4.78, 5) is 17.7. The lowest BCUT2D eigenvalue weighted by Crippen LogP contribution is -2.38. The number of rotatable bonds is 8. The van der Waals surface area contributed by atoms with Crippen LogP contribution in [-0.4, -0.2) is 30.5 Å². The zero-order valence-electron chi connectivity index (χ0n) is 18.8. The van der Waals surface area contributed by atoms with E-state index in [-0.39, 0.29) is 11.6 Å². The van der Waals surface area contributed by atoms with Crippen molar-refractivity contribution in [2.24, 2.45) is 11.8 Å². The number of ether oxygens (including phenoxy) is 1. The van der Waals surface area contributed by atoms with Crippen LogP contribution >= 0.6 is 0 Å². The molecular formula is C26H31F3N2O2. The number of hydrogen-bond acceptors (Lipinski definition) is 4. The molecule has 2 fully saturated rings. The molecule has 1 aliphatic carbocycles. The van der Waals surface area contributed by atoms with Gasteiger partial charge in [-0.05, 0) is 55.6 Å². The number of alkyl halides is 3. The summed E-state index contributed by atoms with van der Waals surface area (Å²) in [5, 5.41) is 0. The van der Waals surface area contributed by atoms with Gasteiger partial charge < -0.3 is 9.64 Å². The van der Waals surface area contributed by atoms with E-state index < -0.39 is 11.7 Å². The molecule has 178 valence electrons. The molecule has 1 unspecified atom stereocenters. The fourth-order valence-corrected chi connectivity index (χ4v) is 5.38. The van der Waals surface area contributed by atoms with Gasteiger partial charge in [-0.3, -0.25) is 4.79 Å². The molecule has 2 aliphatic rings. The van der Waals surface area contributed by atoms with Gasteiger partial charge in [0.15, 0.2) is 6.29 Å². The van der Waals surface area contributed by atoms with Crippen LogP contribution in [-0.2, 0) is 17.5 Å². The molecule has 0 bridgehead atoms. The molecule has 1 aliphatic heterocycles. The second kappa shape index (κ2) is 10.7. The highest BCUT2D eigenvalue weighted by molar-refractivity contribution is 5.83. The maximum atomic E-state index is 13.0. The molecule has 4 nitrogen and oxygen atoms in total. The Labute approximate surface area is 193 Å². The largest absolute Gasteiger partial charge is 0.417 e. The Morgan fingerprint density at radius 3 is 2.55 bits per heavy atom. The first kappa shape index (κ1) is 23.7. The Morgan fingerprint density at radius 2 is 1.85 bits per heavy atom. The van der Waals surface area contributed by atoms with E-state index in [4.69, 9.17) is 4.74 Å². The Balaban J connectivity index is 1.30. The number of halogens is 3. The highest BCUT2D eigenvalue weighted by atomic mass is 19.4. The molecule has 2 heterocycles. The minimum atomic E-state index is -4.50. The van der Waals surface area contributed by atoms with Crippen molar-refractivity contribution in [2.45, 2.75) is 63.8 Å². The number of carbonyl (C=O) groups is 1. The topological polar surface area (TPSA) is 42.4 Å². The normalized spacial score (nSPS) is 23.6. The summed E-state index contributed by atoms with van der Waals surface area (Å²) in [5.74, 6) is 1.54. The molecule has 0 amide bonds. The van der Waals surface area contributed by atoms with Gasteiger partial charge in [0, 0.05) is 25.4 Å². The van der Waals surface area contributed by atoms with Gasteiger partial charge in [-0.2, -0.15) is 13.2 Å². The van der Waals surface area contributed by atoms with E-state index in [1.54, 1.807) is 0 Å². The third-order valence-corrected chi connectivity index (χ3v) is 7.14. The smallest absolute Gasteiger partial charge is 0.377 e. The van der Waals surface area contributed by atoms with Gasteiger partial charge in [0.1, 0.15) is 5.82 Å². The van der Waals surface area contributed by atoms with E-state index in [0.717, 1.165) is 70.4 Å². The second-order valence-electron chi connectivity index (χ2n) is 9.26. The standard InChI is InChI=1S/C26H31F3N2O2/c27-26(28,29)23-15-22(17-32)25(30-16-23)31-13-4-7-24(31)21-10-8-19(9-11-21)12-14-33-18-20-5-2-1-3-6-20/h1-3,5-6,15-17,19,21,24H,4,7-14,18H2. The summed E-state index contributed by atoms with van der Waals surface area (Å²) >= 11 is 0. The highest BCUT2D eigenvalue weighted by Crippen LogP contribution is 2.40. The van der Waals surface area contributed by atoms with Crippen molar-refractivity contribution in [3.63, 3.8) is 0 Å². The maximum absolute atomic E-state index is 13.0. The number of carbonyl (C=O) groups excluding carboxylic acids is 1. The van der Waals surface area contributed by atoms with Crippen molar-refractivity contribution in [1.29, 1.82) is 0 Å². The number of benzene rings is 1. The quantitative estimate of drug-likeness (QED) is 0.343. The zero-order valence-corrected chi connectivity index (χ0v) is 18.8. The van der Waals surface area contributed by atoms with Gasteiger partial charge in [-0.15, -0.1) is 0 Å². The molecule has 1 atom stereocenters. The number of aromatic nitrogens is 1. The van der Waals surface area contributed by atoms with Crippen molar-refractivity contribution >= 4 is 12.1 Å². The van der Waals surface area contributed by atoms with Crippen LogP contribution in [0.15, 0.2) is 42.6 Å². The van der Waals surface area contributed by atoms with Crippen molar-refractivity contribution in [3.05, 3.63) is 59.3 Å². The van der Waals surface area contributed by atoms with E-state index >= 15 is 0 Å². The lowest BCUT2D eigenvalue weighted by Gasteiger charge is -2.37. The molecule has 0 N–H and O–H groups in total. The first-order valence-corrected chi connectivity index (χ1v) is 11.9. The number of nitrogens with zero attached hydrogens (tertiary/aromatic N) is 2. The lowest BCUT2D eigenvalue weighted by molar-refractivity contribution is -0.137. The van der Waals surface area contributed by atoms with Crippen LogP contribution in [0, 0.1) is 11.8 Å². The predicted octanol–water partition coefficient (Wildman–Crippen LogP) is 6.30. The fourth-order valence-electron chi connectivity index (χ4n) is 5.38. The Morgan fingerprint density at radius 1 is 1.09 bits per heavy atom. The molecule has 1 saturated carbocycles. The molecule has 2 aromatic rings. The van der Waals surface area contributed by atoms with Crippen LogP contribution in [0.3, 0.4) is 0 Å². The van der Waals surface area contributed by atoms with Gasteiger partial charge >= 0.3 is 6.18 Å². The van der Waals surface area contributed by atoms with Crippen molar-refractivity contribution in [2.75, 3.05) is 18.1 Å². The van der Waals surface area contributed by atoms with Crippen LogP contribution in [0.5, 0.6) is 0 Å². The lowest BCUT2D eigenvalue weighted by atomic mass is 9.77. The van der Waals surface area contributed by atoms with Crippen LogP contribution in [0.25, 0.3) is 0 Å². The third kappa shape index (κ3) is 5.94. The highest BCUT2D eigenvalue weighted by Gasteiger charge is 2.37. The summed E-state index contributed by atoms with van der Waals surface area (Å²) in [7, 11) is 0. The van der Waals surface area contributed by atoms with E-state index in [9.17, 15) is 18.0 Å². The number of pyridine rings is 1. The summed E-state index contributed by atoms with van der Waals surface area (Å²) in [6.07, 6.45) is 4.36. The summed E-state index contributed by atoms with van der Waals surface area (Å²) < 4.78 is 45.0. The number of hydrogen-bond donors (Lipinski definition) is 0. The van der Waals surface area contributed by atoms with Gasteiger partial charge in [-0.25, -0.2) is 4.98 Å². The minimum absolute atomic E-state index is 0.0287. The average Bonchev–Trinajstić information content (AvgIpc) is 3.31. The van der Waals surface area contributed by atoms with Crippen LogP contribution in [0.1, 0.15) is 66.4 Å². The van der Waals surface area contributed by atoms with Crippen LogP contribution in [0.2, 0.25) is 0 Å². The van der Waals surface area contributed by atoms with Gasteiger partial charge in [-0.1, -0.05) is 43.2 Å². The Bertz CT molecular complexity index is 911. The van der Waals surface area contributed by atoms with Gasteiger partial charge in [0.05, 0.1) is 17.7 Å². The first-order chi connectivity index (χ1) is 16.0. The number of anilines is 1. The minimum Gasteiger partial charge on any atom is -0.377 e.